The van der Waals surface area contributed by atoms with Crippen LogP contribution in [0.3, 0.4) is 0 Å². The third-order valence-corrected chi connectivity index (χ3v) is 4.86. The van der Waals surface area contributed by atoms with Crippen LogP contribution in [0.15, 0.2) is 54.6 Å². The molecule has 1 aliphatic heterocycles. The van der Waals surface area contributed by atoms with Crippen LogP contribution in [0.1, 0.15) is 49.3 Å². The first kappa shape index (κ1) is 17.0. The van der Waals surface area contributed by atoms with Crippen LogP contribution < -0.4 is 4.74 Å². The van der Waals surface area contributed by atoms with Crippen molar-refractivity contribution in [2.24, 2.45) is 0 Å². The predicted octanol–water partition coefficient (Wildman–Crippen LogP) is 5.38. The van der Waals surface area contributed by atoms with E-state index < -0.39 is 0 Å². The van der Waals surface area contributed by atoms with Gasteiger partial charge in [-0.3, -0.25) is 0 Å². The SMILES string of the molecule is Cc1ccc(OC(CCCCN2CCCC2)c2ccccc2)cc1. The fourth-order valence-corrected chi connectivity index (χ4v) is 3.41. The van der Waals surface area contributed by atoms with Crippen molar-refractivity contribution in [1.29, 1.82) is 0 Å². The molecular formula is C22H29NO. The van der Waals surface area contributed by atoms with Crippen LogP contribution in [0.25, 0.3) is 0 Å². The number of aryl methyl sites for hydroxylation is 1. The number of hydrogen-bond donors (Lipinski definition) is 0. The Morgan fingerprint density at radius 1 is 0.917 bits per heavy atom. The van der Waals surface area contributed by atoms with E-state index in [0.29, 0.717) is 0 Å². The van der Waals surface area contributed by atoms with Crippen LogP contribution in [0.2, 0.25) is 0 Å². The summed E-state index contributed by atoms with van der Waals surface area (Å²) in [6.07, 6.45) is 6.45. The Morgan fingerprint density at radius 2 is 1.62 bits per heavy atom. The van der Waals surface area contributed by atoms with E-state index in [2.05, 4.69) is 66.4 Å². The minimum Gasteiger partial charge on any atom is -0.486 e. The van der Waals surface area contributed by atoms with E-state index in [-0.39, 0.29) is 6.10 Å². The minimum absolute atomic E-state index is 0.146. The molecule has 1 saturated heterocycles. The summed E-state index contributed by atoms with van der Waals surface area (Å²) in [5, 5.41) is 0. The highest BCUT2D eigenvalue weighted by molar-refractivity contribution is 5.28. The van der Waals surface area contributed by atoms with E-state index in [1.54, 1.807) is 0 Å². The topological polar surface area (TPSA) is 12.5 Å². The maximum atomic E-state index is 6.31. The van der Waals surface area contributed by atoms with Gasteiger partial charge in [0.25, 0.3) is 0 Å². The smallest absolute Gasteiger partial charge is 0.124 e. The summed E-state index contributed by atoms with van der Waals surface area (Å²) in [4.78, 5) is 2.60. The minimum atomic E-state index is 0.146. The highest BCUT2D eigenvalue weighted by Gasteiger charge is 2.15. The van der Waals surface area contributed by atoms with Crippen molar-refractivity contribution in [2.75, 3.05) is 19.6 Å². The van der Waals surface area contributed by atoms with Crippen molar-refractivity contribution in [2.45, 2.75) is 45.1 Å². The Balaban J connectivity index is 1.56. The molecule has 2 heteroatoms. The number of likely N-dealkylation sites (tertiary alicyclic amines) is 1. The van der Waals surface area contributed by atoms with Gasteiger partial charge in [0.15, 0.2) is 0 Å². The standard InChI is InChI=1S/C22H29NO/c1-19-12-14-21(15-13-19)24-22(20-9-3-2-4-10-20)11-5-6-16-23-17-7-8-18-23/h2-4,9-10,12-15,22H,5-8,11,16-18H2,1H3. The van der Waals surface area contributed by atoms with Gasteiger partial charge in [0.05, 0.1) is 0 Å². The zero-order valence-corrected chi connectivity index (χ0v) is 14.8. The largest absolute Gasteiger partial charge is 0.486 e. The first-order chi connectivity index (χ1) is 11.8. The normalized spacial score (nSPS) is 16.2. The van der Waals surface area contributed by atoms with E-state index in [1.807, 2.05) is 0 Å². The Labute approximate surface area is 146 Å². The molecule has 0 N–H and O–H groups in total. The first-order valence-electron chi connectivity index (χ1n) is 9.32. The van der Waals surface area contributed by atoms with Crippen LogP contribution >= 0.6 is 0 Å². The number of nitrogens with zero attached hydrogens (tertiary/aromatic N) is 1. The van der Waals surface area contributed by atoms with E-state index >= 15 is 0 Å². The summed E-state index contributed by atoms with van der Waals surface area (Å²) in [6, 6.07) is 19.0. The van der Waals surface area contributed by atoms with Crippen LogP contribution in [-0.2, 0) is 0 Å². The van der Waals surface area contributed by atoms with Gasteiger partial charge in [-0.2, -0.15) is 0 Å². The quantitative estimate of drug-likeness (QED) is 0.605. The molecule has 1 heterocycles. The van der Waals surface area contributed by atoms with Crippen molar-refractivity contribution >= 4 is 0 Å². The summed E-state index contributed by atoms with van der Waals surface area (Å²) >= 11 is 0. The Kier molecular flexibility index (Phi) is 6.31. The zero-order valence-electron chi connectivity index (χ0n) is 14.8. The number of unbranched alkanes of at least 4 members (excludes halogenated alkanes) is 1. The van der Waals surface area contributed by atoms with E-state index in [0.717, 1.165) is 12.2 Å². The van der Waals surface area contributed by atoms with Gasteiger partial charge in [0, 0.05) is 0 Å². The summed E-state index contributed by atoms with van der Waals surface area (Å²) in [5.41, 5.74) is 2.54. The summed E-state index contributed by atoms with van der Waals surface area (Å²) in [7, 11) is 0. The monoisotopic (exact) mass is 323 g/mol. The van der Waals surface area contributed by atoms with Gasteiger partial charge in [0.2, 0.25) is 0 Å². The van der Waals surface area contributed by atoms with E-state index in [1.165, 1.54) is 56.4 Å². The maximum absolute atomic E-state index is 6.31. The number of ether oxygens (including phenoxy) is 1. The average molecular weight is 323 g/mol. The highest BCUT2D eigenvalue weighted by Crippen LogP contribution is 2.27. The molecule has 2 aromatic rings. The molecule has 1 aliphatic rings. The third-order valence-electron chi connectivity index (χ3n) is 4.86. The lowest BCUT2D eigenvalue weighted by atomic mass is 10.0. The molecule has 0 radical (unpaired) electrons. The van der Waals surface area contributed by atoms with Gasteiger partial charge in [-0.15, -0.1) is 0 Å². The molecule has 1 fully saturated rings. The molecule has 0 spiro atoms. The molecule has 2 aromatic carbocycles. The molecule has 128 valence electrons. The average Bonchev–Trinajstić information content (AvgIpc) is 3.13. The zero-order chi connectivity index (χ0) is 16.6. The number of benzene rings is 2. The molecule has 2 nitrogen and oxygen atoms in total. The van der Waals surface area contributed by atoms with Gasteiger partial charge in [-0.05, 0) is 76.4 Å². The van der Waals surface area contributed by atoms with E-state index in [9.17, 15) is 0 Å². The molecule has 0 aromatic heterocycles. The second-order valence-corrected chi connectivity index (χ2v) is 6.87. The molecule has 0 saturated carbocycles. The highest BCUT2D eigenvalue weighted by atomic mass is 16.5. The summed E-state index contributed by atoms with van der Waals surface area (Å²) in [5.74, 6) is 0.967. The van der Waals surface area contributed by atoms with Crippen molar-refractivity contribution in [3.05, 3.63) is 65.7 Å². The third kappa shape index (κ3) is 5.10. The molecule has 0 amide bonds. The Bertz CT molecular complexity index is 587. The second kappa shape index (κ2) is 8.89. The second-order valence-electron chi connectivity index (χ2n) is 6.87. The molecule has 1 atom stereocenters. The number of hydrogen-bond acceptors (Lipinski definition) is 2. The summed E-state index contributed by atoms with van der Waals surface area (Å²) in [6.45, 7) is 5.94. The van der Waals surface area contributed by atoms with Gasteiger partial charge in [0.1, 0.15) is 11.9 Å². The Morgan fingerprint density at radius 3 is 2.33 bits per heavy atom. The van der Waals surface area contributed by atoms with Crippen molar-refractivity contribution < 1.29 is 4.74 Å². The molecule has 0 bridgehead atoms. The van der Waals surface area contributed by atoms with Gasteiger partial charge in [-0.1, -0.05) is 48.0 Å². The maximum Gasteiger partial charge on any atom is 0.124 e. The van der Waals surface area contributed by atoms with E-state index in [4.69, 9.17) is 4.74 Å². The van der Waals surface area contributed by atoms with Crippen molar-refractivity contribution in [3.63, 3.8) is 0 Å². The fourth-order valence-electron chi connectivity index (χ4n) is 3.41. The molecule has 3 rings (SSSR count). The van der Waals surface area contributed by atoms with Gasteiger partial charge in [-0.25, -0.2) is 0 Å². The number of rotatable bonds is 8. The predicted molar refractivity (Wildman–Crippen MR) is 101 cm³/mol. The van der Waals surface area contributed by atoms with Crippen molar-refractivity contribution in [1.82, 2.24) is 4.90 Å². The van der Waals surface area contributed by atoms with Crippen LogP contribution in [0, 0.1) is 6.92 Å². The molecular weight excluding hydrogens is 294 g/mol. The van der Waals surface area contributed by atoms with Gasteiger partial charge < -0.3 is 9.64 Å². The van der Waals surface area contributed by atoms with Crippen LogP contribution in [0.4, 0.5) is 0 Å². The lowest BCUT2D eigenvalue weighted by molar-refractivity contribution is 0.188. The lowest BCUT2D eigenvalue weighted by Gasteiger charge is -2.21. The fraction of sp³-hybridized carbons (Fsp3) is 0.455. The summed E-state index contributed by atoms with van der Waals surface area (Å²) < 4.78 is 6.31. The van der Waals surface area contributed by atoms with Gasteiger partial charge >= 0.3 is 0 Å². The molecule has 0 aliphatic carbocycles. The lowest BCUT2D eigenvalue weighted by Crippen LogP contribution is -2.20. The van der Waals surface area contributed by atoms with Crippen LogP contribution in [0.5, 0.6) is 5.75 Å². The first-order valence-corrected chi connectivity index (χ1v) is 9.32. The molecule has 1 unspecified atom stereocenters. The molecule has 24 heavy (non-hydrogen) atoms. The van der Waals surface area contributed by atoms with Crippen LogP contribution in [-0.4, -0.2) is 24.5 Å². The van der Waals surface area contributed by atoms with Crippen molar-refractivity contribution in [3.8, 4) is 5.75 Å². The Hall–Kier alpha value is -1.80.